The van der Waals surface area contributed by atoms with E-state index in [1.54, 1.807) is 12.3 Å². The number of carbonyl (C=O) groups is 1. The number of aromatic nitrogens is 1. The molecule has 1 amide bonds. The van der Waals surface area contributed by atoms with Crippen LogP contribution in [0, 0.1) is 5.41 Å². The van der Waals surface area contributed by atoms with Crippen LogP contribution < -0.4 is 11.1 Å². The highest BCUT2D eigenvalue weighted by molar-refractivity contribution is 5.93. The van der Waals surface area contributed by atoms with Crippen LogP contribution in [-0.2, 0) is 0 Å². The maximum absolute atomic E-state index is 12.1. The minimum absolute atomic E-state index is 0.0730. The Balaban J connectivity index is 2.04. The number of aliphatic hydroxyl groups is 1. The van der Waals surface area contributed by atoms with E-state index in [-0.39, 0.29) is 24.0 Å². The maximum atomic E-state index is 12.1. The number of nitrogen functional groups attached to an aromatic ring is 1. The lowest BCUT2D eigenvalue weighted by Crippen LogP contribution is -2.33. The van der Waals surface area contributed by atoms with Crippen LogP contribution in [0.1, 0.15) is 43.2 Å². The van der Waals surface area contributed by atoms with Gasteiger partial charge in [0.15, 0.2) is 0 Å². The largest absolute Gasteiger partial charge is 0.397 e. The van der Waals surface area contributed by atoms with Crippen LogP contribution in [0.3, 0.4) is 0 Å². The van der Waals surface area contributed by atoms with Crippen LogP contribution in [0.2, 0.25) is 0 Å². The first-order chi connectivity index (χ1) is 8.47. The summed E-state index contributed by atoms with van der Waals surface area (Å²) in [6.07, 6.45) is 3.74. The number of amides is 1. The summed E-state index contributed by atoms with van der Waals surface area (Å²) < 4.78 is 1.86. The van der Waals surface area contributed by atoms with Crippen LogP contribution in [0.4, 0.5) is 5.69 Å². The highest BCUT2D eigenvalue weighted by Gasteiger charge is 2.42. The number of rotatable bonds is 5. The second-order valence-corrected chi connectivity index (χ2v) is 5.50. The fraction of sp³-hybridized carbons (Fsp3) is 0.615. The van der Waals surface area contributed by atoms with Gasteiger partial charge in [0.05, 0.1) is 12.3 Å². The second-order valence-electron chi connectivity index (χ2n) is 5.50. The minimum atomic E-state index is -0.125. The summed E-state index contributed by atoms with van der Waals surface area (Å²) in [5.74, 6) is -0.125. The van der Waals surface area contributed by atoms with Gasteiger partial charge in [0.1, 0.15) is 5.69 Å². The van der Waals surface area contributed by atoms with E-state index in [9.17, 15) is 9.90 Å². The average molecular weight is 251 g/mol. The molecule has 1 aliphatic carbocycles. The molecular weight excluding hydrogens is 230 g/mol. The molecule has 2 rings (SSSR count). The SMILES string of the molecule is CC(C)n1cc(N)cc1C(=O)NCC1(CO)CC1. The fourth-order valence-electron chi connectivity index (χ4n) is 2.04. The summed E-state index contributed by atoms with van der Waals surface area (Å²) in [6.45, 7) is 4.69. The Morgan fingerprint density at radius 1 is 1.61 bits per heavy atom. The third-order valence-corrected chi connectivity index (χ3v) is 3.58. The lowest BCUT2D eigenvalue weighted by molar-refractivity contribution is 0.0924. The number of nitrogens with one attached hydrogen (secondary N) is 1. The van der Waals surface area contributed by atoms with Gasteiger partial charge in [0.2, 0.25) is 0 Å². The Bertz CT molecular complexity index is 447. The van der Waals surface area contributed by atoms with E-state index in [2.05, 4.69) is 5.32 Å². The first kappa shape index (κ1) is 13.0. The van der Waals surface area contributed by atoms with Gasteiger partial charge in [-0.3, -0.25) is 4.79 Å². The molecule has 18 heavy (non-hydrogen) atoms. The van der Waals surface area contributed by atoms with Gasteiger partial charge in [-0.05, 0) is 32.8 Å². The molecular formula is C13H21N3O2. The number of hydrogen-bond donors (Lipinski definition) is 3. The molecule has 1 saturated carbocycles. The van der Waals surface area contributed by atoms with E-state index in [0.717, 1.165) is 12.8 Å². The highest BCUT2D eigenvalue weighted by Crippen LogP contribution is 2.44. The first-order valence-corrected chi connectivity index (χ1v) is 6.34. The fourth-order valence-corrected chi connectivity index (χ4v) is 2.04. The van der Waals surface area contributed by atoms with Gasteiger partial charge in [0, 0.05) is 24.2 Å². The smallest absolute Gasteiger partial charge is 0.268 e. The Kier molecular flexibility index (Phi) is 3.34. The summed E-state index contributed by atoms with van der Waals surface area (Å²) in [5, 5.41) is 12.1. The summed E-state index contributed by atoms with van der Waals surface area (Å²) >= 11 is 0. The molecule has 1 heterocycles. The zero-order valence-electron chi connectivity index (χ0n) is 10.9. The van der Waals surface area contributed by atoms with E-state index in [1.165, 1.54) is 0 Å². The Hall–Kier alpha value is -1.49. The quantitative estimate of drug-likeness (QED) is 0.734. The summed E-state index contributed by atoms with van der Waals surface area (Å²) in [4.78, 5) is 12.1. The summed E-state index contributed by atoms with van der Waals surface area (Å²) in [6, 6.07) is 1.88. The molecule has 0 saturated heterocycles. The second kappa shape index (κ2) is 4.65. The Morgan fingerprint density at radius 3 is 2.78 bits per heavy atom. The van der Waals surface area contributed by atoms with Gasteiger partial charge in [-0.25, -0.2) is 0 Å². The topological polar surface area (TPSA) is 80.3 Å². The zero-order valence-corrected chi connectivity index (χ0v) is 10.9. The Morgan fingerprint density at radius 2 is 2.28 bits per heavy atom. The molecule has 0 bridgehead atoms. The van der Waals surface area contributed by atoms with Gasteiger partial charge in [-0.15, -0.1) is 0 Å². The third-order valence-electron chi connectivity index (χ3n) is 3.58. The van der Waals surface area contributed by atoms with Crippen molar-refractivity contribution in [3.63, 3.8) is 0 Å². The monoisotopic (exact) mass is 251 g/mol. The molecule has 100 valence electrons. The number of nitrogens with zero attached hydrogens (tertiary/aromatic N) is 1. The molecule has 1 aliphatic rings. The van der Waals surface area contributed by atoms with Gasteiger partial charge in [-0.1, -0.05) is 0 Å². The molecule has 0 unspecified atom stereocenters. The Labute approximate surface area is 107 Å². The molecule has 0 radical (unpaired) electrons. The normalized spacial score (nSPS) is 16.9. The predicted molar refractivity (Wildman–Crippen MR) is 70.3 cm³/mol. The number of anilines is 1. The van der Waals surface area contributed by atoms with Crippen molar-refractivity contribution in [3.8, 4) is 0 Å². The predicted octanol–water partition coefficient (Wildman–Crippen LogP) is 1.15. The van der Waals surface area contributed by atoms with Gasteiger partial charge in [0.25, 0.3) is 5.91 Å². The maximum Gasteiger partial charge on any atom is 0.268 e. The van der Waals surface area contributed by atoms with Crippen LogP contribution in [0.25, 0.3) is 0 Å². The molecule has 0 aromatic carbocycles. The molecule has 4 N–H and O–H groups in total. The number of carbonyl (C=O) groups excluding carboxylic acids is 1. The molecule has 0 atom stereocenters. The van der Waals surface area contributed by atoms with Crippen molar-refractivity contribution in [2.75, 3.05) is 18.9 Å². The van der Waals surface area contributed by atoms with Gasteiger partial charge < -0.3 is 20.7 Å². The van der Waals surface area contributed by atoms with Gasteiger partial charge in [-0.2, -0.15) is 0 Å². The van der Waals surface area contributed by atoms with Crippen molar-refractivity contribution in [2.24, 2.45) is 5.41 Å². The van der Waals surface area contributed by atoms with Gasteiger partial charge >= 0.3 is 0 Å². The standard InChI is InChI=1S/C13H21N3O2/c1-9(2)16-6-10(14)5-11(16)12(18)15-7-13(8-17)3-4-13/h5-6,9,17H,3-4,7-8,14H2,1-2H3,(H,15,18). The van der Waals surface area contributed by atoms with Crippen LogP contribution >= 0.6 is 0 Å². The van der Waals surface area contributed by atoms with Crippen molar-refractivity contribution < 1.29 is 9.90 Å². The highest BCUT2D eigenvalue weighted by atomic mass is 16.3. The van der Waals surface area contributed by atoms with E-state index in [0.29, 0.717) is 17.9 Å². The van der Waals surface area contributed by atoms with E-state index in [4.69, 9.17) is 5.73 Å². The van der Waals surface area contributed by atoms with E-state index < -0.39 is 0 Å². The van der Waals surface area contributed by atoms with Crippen molar-refractivity contribution >= 4 is 11.6 Å². The lowest BCUT2D eigenvalue weighted by atomic mass is 10.1. The van der Waals surface area contributed by atoms with Crippen molar-refractivity contribution in [1.82, 2.24) is 9.88 Å². The van der Waals surface area contributed by atoms with Crippen molar-refractivity contribution in [2.45, 2.75) is 32.7 Å². The van der Waals surface area contributed by atoms with Crippen LogP contribution in [0.5, 0.6) is 0 Å². The van der Waals surface area contributed by atoms with Crippen LogP contribution in [-0.4, -0.2) is 28.7 Å². The molecule has 5 nitrogen and oxygen atoms in total. The zero-order chi connectivity index (χ0) is 13.3. The van der Waals surface area contributed by atoms with Crippen molar-refractivity contribution in [3.05, 3.63) is 18.0 Å². The van der Waals surface area contributed by atoms with E-state index >= 15 is 0 Å². The number of nitrogens with two attached hydrogens (primary N) is 1. The average Bonchev–Trinajstić information content (AvgIpc) is 3.01. The molecule has 5 heteroatoms. The lowest BCUT2D eigenvalue weighted by Gasteiger charge is -2.15. The van der Waals surface area contributed by atoms with Crippen LogP contribution in [0.15, 0.2) is 12.3 Å². The summed E-state index contributed by atoms with van der Waals surface area (Å²) in [5.41, 5.74) is 6.84. The van der Waals surface area contributed by atoms with Crippen molar-refractivity contribution in [1.29, 1.82) is 0 Å². The molecule has 1 fully saturated rings. The molecule has 1 aromatic heterocycles. The number of aliphatic hydroxyl groups excluding tert-OH is 1. The molecule has 0 spiro atoms. The first-order valence-electron chi connectivity index (χ1n) is 6.34. The number of hydrogen-bond acceptors (Lipinski definition) is 3. The molecule has 0 aliphatic heterocycles. The molecule has 1 aromatic rings. The van der Waals surface area contributed by atoms with E-state index in [1.807, 2.05) is 18.4 Å². The summed E-state index contributed by atoms with van der Waals surface area (Å²) in [7, 11) is 0. The third kappa shape index (κ3) is 2.51. The minimum Gasteiger partial charge on any atom is -0.397 e.